The largest absolute Gasteiger partial charge is 0.485 e. The fraction of sp³-hybridized carbons (Fsp3) is 0.625. The Morgan fingerprint density at radius 3 is 3.00 bits per heavy atom. The fourth-order valence-electron chi connectivity index (χ4n) is 3.64. The molecule has 1 spiro atoms. The van der Waals surface area contributed by atoms with Crippen molar-refractivity contribution in [2.75, 3.05) is 13.1 Å². The minimum atomic E-state index is -0.372. The van der Waals surface area contributed by atoms with Crippen LogP contribution in [0.5, 0.6) is 5.75 Å². The van der Waals surface area contributed by atoms with Crippen LogP contribution in [0.4, 0.5) is 0 Å². The summed E-state index contributed by atoms with van der Waals surface area (Å²) in [5.74, 6) is 0.891. The van der Waals surface area contributed by atoms with Crippen LogP contribution in [0.25, 0.3) is 0 Å². The summed E-state index contributed by atoms with van der Waals surface area (Å²) in [5, 5.41) is 10.5. The highest BCUT2D eigenvalue weighted by Gasteiger charge is 2.48. The van der Waals surface area contributed by atoms with Gasteiger partial charge in [0.1, 0.15) is 11.4 Å². The highest BCUT2D eigenvalue weighted by Crippen LogP contribution is 2.45. The smallest absolute Gasteiger partial charge is 0.126 e. The van der Waals surface area contributed by atoms with Gasteiger partial charge >= 0.3 is 0 Å². The quantitative estimate of drug-likeness (QED) is 0.840. The Balaban J connectivity index is 1.62. The van der Waals surface area contributed by atoms with E-state index in [0.29, 0.717) is 0 Å². The number of hydrogen-bond donors (Lipinski definition) is 1. The summed E-state index contributed by atoms with van der Waals surface area (Å²) in [4.78, 5) is 2.55. The maximum atomic E-state index is 10.5. The molecule has 19 heavy (non-hydrogen) atoms. The lowest BCUT2D eigenvalue weighted by Crippen LogP contribution is -2.44. The van der Waals surface area contributed by atoms with E-state index >= 15 is 0 Å². The second-order valence-electron chi connectivity index (χ2n) is 6.50. The molecule has 2 atom stereocenters. The zero-order valence-corrected chi connectivity index (χ0v) is 11.4. The van der Waals surface area contributed by atoms with E-state index in [0.717, 1.165) is 43.3 Å². The number of aryl methyl sites for hydroxylation is 1. The molecule has 1 saturated heterocycles. The second-order valence-corrected chi connectivity index (χ2v) is 6.50. The Bertz CT molecular complexity index is 511. The van der Waals surface area contributed by atoms with Crippen LogP contribution in [-0.2, 0) is 0 Å². The Labute approximate surface area is 114 Å². The molecule has 2 fully saturated rings. The first-order valence-electron chi connectivity index (χ1n) is 7.37. The van der Waals surface area contributed by atoms with Crippen LogP contribution < -0.4 is 4.74 Å². The van der Waals surface area contributed by atoms with Crippen molar-refractivity contribution in [3.05, 3.63) is 29.3 Å². The molecule has 3 aliphatic rings. The van der Waals surface area contributed by atoms with Crippen LogP contribution in [0, 0.1) is 6.92 Å². The predicted octanol–water partition coefficient (Wildman–Crippen LogP) is 2.42. The molecule has 3 nitrogen and oxygen atoms in total. The van der Waals surface area contributed by atoms with E-state index in [1.54, 1.807) is 0 Å². The van der Waals surface area contributed by atoms with Gasteiger partial charge in [0, 0.05) is 37.5 Å². The fourth-order valence-corrected chi connectivity index (χ4v) is 3.64. The van der Waals surface area contributed by atoms with E-state index in [1.165, 1.54) is 18.4 Å². The Kier molecular flexibility index (Phi) is 2.45. The molecule has 0 bridgehead atoms. The molecule has 1 N–H and O–H groups in total. The highest BCUT2D eigenvalue weighted by molar-refractivity contribution is 5.41. The van der Waals surface area contributed by atoms with Crippen LogP contribution in [0.2, 0.25) is 0 Å². The molecular weight excluding hydrogens is 238 g/mol. The van der Waals surface area contributed by atoms with Gasteiger partial charge in [0.15, 0.2) is 0 Å². The summed E-state index contributed by atoms with van der Waals surface area (Å²) < 4.78 is 6.31. The van der Waals surface area contributed by atoms with Crippen molar-refractivity contribution in [3.8, 4) is 5.75 Å². The lowest BCUT2D eigenvalue weighted by Gasteiger charge is -2.38. The topological polar surface area (TPSA) is 32.7 Å². The van der Waals surface area contributed by atoms with Crippen molar-refractivity contribution in [2.45, 2.75) is 50.4 Å². The number of aliphatic hydroxyl groups is 1. The summed E-state index contributed by atoms with van der Waals surface area (Å²) in [5.41, 5.74) is 2.00. The van der Waals surface area contributed by atoms with Crippen molar-refractivity contribution in [2.24, 2.45) is 0 Å². The number of ether oxygens (including phenoxy) is 1. The average Bonchev–Trinajstić information content (AvgIpc) is 3.15. The minimum absolute atomic E-state index is 0.149. The van der Waals surface area contributed by atoms with Crippen LogP contribution >= 0.6 is 0 Å². The summed E-state index contributed by atoms with van der Waals surface area (Å²) in [6.45, 7) is 4.17. The predicted molar refractivity (Wildman–Crippen MR) is 73.3 cm³/mol. The SMILES string of the molecule is Cc1ccc2c(c1)[C@H](O)CC1(CCN(C3CC3)C1)O2. The molecule has 1 aromatic rings. The van der Waals surface area contributed by atoms with Crippen molar-refractivity contribution >= 4 is 0 Å². The third kappa shape index (κ3) is 1.96. The van der Waals surface area contributed by atoms with Crippen LogP contribution in [0.15, 0.2) is 18.2 Å². The molecule has 1 unspecified atom stereocenters. The summed E-state index contributed by atoms with van der Waals surface area (Å²) in [7, 11) is 0. The van der Waals surface area contributed by atoms with E-state index in [-0.39, 0.29) is 11.7 Å². The minimum Gasteiger partial charge on any atom is -0.485 e. The third-order valence-electron chi connectivity index (χ3n) is 4.83. The number of hydrogen-bond acceptors (Lipinski definition) is 3. The number of likely N-dealkylation sites (tertiary alicyclic amines) is 1. The van der Waals surface area contributed by atoms with Gasteiger partial charge in [-0.05, 0) is 31.9 Å². The number of fused-ring (bicyclic) bond motifs is 1. The van der Waals surface area contributed by atoms with Gasteiger partial charge in [0.2, 0.25) is 0 Å². The van der Waals surface area contributed by atoms with Gasteiger partial charge in [-0.1, -0.05) is 11.6 Å². The van der Waals surface area contributed by atoms with E-state index in [9.17, 15) is 5.11 Å². The molecule has 0 amide bonds. The Morgan fingerprint density at radius 2 is 2.21 bits per heavy atom. The molecular formula is C16H21NO2. The van der Waals surface area contributed by atoms with E-state index in [4.69, 9.17) is 4.74 Å². The van der Waals surface area contributed by atoms with E-state index in [1.807, 2.05) is 6.07 Å². The summed E-state index contributed by atoms with van der Waals surface area (Å²) in [6.07, 6.45) is 4.10. The number of rotatable bonds is 1. The molecule has 2 aliphatic heterocycles. The van der Waals surface area contributed by atoms with Gasteiger partial charge in [-0.15, -0.1) is 0 Å². The molecule has 4 rings (SSSR count). The van der Waals surface area contributed by atoms with Gasteiger partial charge < -0.3 is 9.84 Å². The van der Waals surface area contributed by atoms with Crippen molar-refractivity contribution in [3.63, 3.8) is 0 Å². The van der Waals surface area contributed by atoms with Crippen molar-refractivity contribution in [1.82, 2.24) is 4.90 Å². The zero-order chi connectivity index (χ0) is 13.0. The Hall–Kier alpha value is -1.06. The van der Waals surface area contributed by atoms with Crippen molar-refractivity contribution in [1.29, 1.82) is 0 Å². The molecule has 102 valence electrons. The number of benzene rings is 1. The molecule has 0 radical (unpaired) electrons. The van der Waals surface area contributed by atoms with E-state index in [2.05, 4.69) is 24.0 Å². The zero-order valence-electron chi connectivity index (χ0n) is 11.4. The van der Waals surface area contributed by atoms with Crippen molar-refractivity contribution < 1.29 is 9.84 Å². The van der Waals surface area contributed by atoms with Gasteiger partial charge in [0.05, 0.1) is 6.10 Å². The monoisotopic (exact) mass is 259 g/mol. The first kappa shape index (κ1) is 11.7. The van der Waals surface area contributed by atoms with Crippen LogP contribution in [-0.4, -0.2) is 34.7 Å². The van der Waals surface area contributed by atoms with Crippen LogP contribution in [0.1, 0.15) is 42.9 Å². The summed E-state index contributed by atoms with van der Waals surface area (Å²) >= 11 is 0. The molecule has 1 aliphatic carbocycles. The van der Waals surface area contributed by atoms with Gasteiger partial charge in [-0.25, -0.2) is 0 Å². The number of nitrogens with zero attached hydrogens (tertiary/aromatic N) is 1. The van der Waals surface area contributed by atoms with E-state index < -0.39 is 0 Å². The maximum absolute atomic E-state index is 10.5. The normalized spacial score (nSPS) is 34.3. The highest BCUT2D eigenvalue weighted by atomic mass is 16.5. The van der Waals surface area contributed by atoms with Gasteiger partial charge in [0.25, 0.3) is 0 Å². The molecule has 2 heterocycles. The van der Waals surface area contributed by atoms with Crippen LogP contribution in [0.3, 0.4) is 0 Å². The maximum Gasteiger partial charge on any atom is 0.126 e. The second kappa shape index (κ2) is 3.97. The Morgan fingerprint density at radius 1 is 1.37 bits per heavy atom. The molecule has 1 saturated carbocycles. The molecule has 3 heteroatoms. The van der Waals surface area contributed by atoms with Gasteiger partial charge in [-0.3, -0.25) is 4.90 Å². The first-order valence-corrected chi connectivity index (χ1v) is 7.37. The standard InChI is InChI=1S/C16H21NO2/c1-11-2-5-15-13(8-11)14(18)9-16(19-15)6-7-17(10-16)12-3-4-12/h2,5,8,12,14,18H,3-4,6-7,9-10H2,1H3/t14-,16?/m1/s1. The molecule has 0 aromatic heterocycles. The number of aliphatic hydroxyl groups excluding tert-OH is 1. The van der Waals surface area contributed by atoms with Gasteiger partial charge in [-0.2, -0.15) is 0 Å². The summed E-state index contributed by atoms with van der Waals surface area (Å²) in [6, 6.07) is 6.94. The third-order valence-corrected chi connectivity index (χ3v) is 4.83. The molecule has 1 aromatic carbocycles. The average molecular weight is 259 g/mol. The first-order chi connectivity index (χ1) is 9.15. The lowest BCUT2D eigenvalue weighted by atomic mass is 9.87. The lowest BCUT2D eigenvalue weighted by molar-refractivity contribution is -0.00766.